The summed E-state index contributed by atoms with van der Waals surface area (Å²) >= 11 is 0. The van der Waals surface area contributed by atoms with Gasteiger partial charge >= 0.3 is 5.97 Å². The van der Waals surface area contributed by atoms with E-state index in [1.54, 1.807) is 13.8 Å². The van der Waals surface area contributed by atoms with Crippen molar-refractivity contribution in [2.45, 2.75) is 46.6 Å². The van der Waals surface area contributed by atoms with Crippen molar-refractivity contribution in [2.75, 3.05) is 0 Å². The highest BCUT2D eigenvalue weighted by atomic mass is 16.4. The Labute approximate surface area is 118 Å². The first-order valence-electron chi connectivity index (χ1n) is 6.62. The van der Waals surface area contributed by atoms with Gasteiger partial charge in [0.2, 0.25) is 0 Å². The maximum absolute atomic E-state index is 12.3. The Balaban J connectivity index is 2.87. The molecule has 1 atom stereocenters. The second kappa shape index (κ2) is 6.98. The van der Waals surface area contributed by atoms with Gasteiger partial charge in [-0.05, 0) is 26.2 Å². The Morgan fingerprint density at radius 1 is 1.25 bits per heavy atom. The van der Waals surface area contributed by atoms with Gasteiger partial charge < -0.3 is 10.4 Å². The van der Waals surface area contributed by atoms with Gasteiger partial charge in [-0.2, -0.15) is 0 Å². The van der Waals surface area contributed by atoms with E-state index in [2.05, 4.69) is 15.3 Å². The van der Waals surface area contributed by atoms with Crippen LogP contribution in [-0.4, -0.2) is 33.0 Å². The Morgan fingerprint density at radius 3 is 2.25 bits per heavy atom. The van der Waals surface area contributed by atoms with Crippen LogP contribution in [0.2, 0.25) is 0 Å². The minimum Gasteiger partial charge on any atom is -0.481 e. The summed E-state index contributed by atoms with van der Waals surface area (Å²) in [6.07, 6.45) is 1.93. The van der Waals surface area contributed by atoms with Crippen LogP contribution >= 0.6 is 0 Å². The van der Waals surface area contributed by atoms with Crippen LogP contribution < -0.4 is 5.32 Å². The van der Waals surface area contributed by atoms with Gasteiger partial charge in [-0.1, -0.05) is 13.8 Å². The number of carbonyl (C=O) groups is 2. The molecule has 0 radical (unpaired) electrons. The molecule has 0 aliphatic rings. The van der Waals surface area contributed by atoms with Crippen LogP contribution in [0.5, 0.6) is 0 Å². The molecule has 0 aromatic carbocycles. The molecule has 2 N–H and O–H groups in total. The highest BCUT2D eigenvalue weighted by Crippen LogP contribution is 2.12. The molecule has 0 unspecified atom stereocenters. The number of nitrogens with one attached hydrogen (secondary N) is 1. The highest BCUT2D eigenvalue weighted by molar-refractivity contribution is 5.96. The van der Waals surface area contributed by atoms with E-state index < -0.39 is 5.97 Å². The Kier molecular flexibility index (Phi) is 5.61. The summed E-state index contributed by atoms with van der Waals surface area (Å²) in [5.41, 5.74) is 1.61. The van der Waals surface area contributed by atoms with Gasteiger partial charge in [-0.15, -0.1) is 0 Å². The predicted molar refractivity (Wildman–Crippen MR) is 74.5 cm³/mol. The summed E-state index contributed by atoms with van der Waals surface area (Å²) in [4.78, 5) is 31.1. The standard InChI is InChI=1S/C14H21N3O3/c1-8(2)5-11(6-12(18)19)17-14(20)13-9(3)15-7-16-10(13)4/h7-8,11H,5-6H2,1-4H3,(H,17,20)(H,18,19)/t11-/m1/s1. The molecule has 0 bridgehead atoms. The molecule has 0 spiro atoms. The number of hydrogen-bond acceptors (Lipinski definition) is 4. The van der Waals surface area contributed by atoms with Crippen LogP contribution in [0.25, 0.3) is 0 Å². The number of nitrogens with zero attached hydrogens (tertiary/aromatic N) is 2. The Bertz CT molecular complexity index is 480. The molecule has 1 aromatic heterocycles. The quantitative estimate of drug-likeness (QED) is 0.827. The zero-order valence-electron chi connectivity index (χ0n) is 12.3. The molecule has 1 aromatic rings. The maximum Gasteiger partial charge on any atom is 0.305 e. The molecule has 0 fully saturated rings. The number of amides is 1. The van der Waals surface area contributed by atoms with Gasteiger partial charge in [-0.3, -0.25) is 9.59 Å². The molecule has 1 rings (SSSR count). The van der Waals surface area contributed by atoms with E-state index >= 15 is 0 Å². The minimum absolute atomic E-state index is 0.0876. The average molecular weight is 279 g/mol. The lowest BCUT2D eigenvalue weighted by Gasteiger charge is -2.19. The summed E-state index contributed by atoms with van der Waals surface area (Å²) in [7, 11) is 0. The van der Waals surface area contributed by atoms with E-state index in [4.69, 9.17) is 5.11 Å². The molecule has 6 nitrogen and oxygen atoms in total. The van der Waals surface area contributed by atoms with E-state index in [9.17, 15) is 9.59 Å². The van der Waals surface area contributed by atoms with Crippen molar-refractivity contribution in [2.24, 2.45) is 5.92 Å². The van der Waals surface area contributed by atoms with Crippen molar-refractivity contribution < 1.29 is 14.7 Å². The lowest BCUT2D eigenvalue weighted by Crippen LogP contribution is -2.38. The van der Waals surface area contributed by atoms with Gasteiger partial charge in [0, 0.05) is 6.04 Å². The molecule has 0 saturated heterocycles. The number of rotatable bonds is 6. The fraction of sp³-hybridized carbons (Fsp3) is 0.571. The molecule has 20 heavy (non-hydrogen) atoms. The van der Waals surface area contributed by atoms with Gasteiger partial charge in [0.05, 0.1) is 23.4 Å². The van der Waals surface area contributed by atoms with Gasteiger partial charge in [0.25, 0.3) is 5.91 Å². The molecule has 110 valence electrons. The second-order valence-corrected chi connectivity index (χ2v) is 5.32. The fourth-order valence-electron chi connectivity index (χ4n) is 2.15. The van der Waals surface area contributed by atoms with Crippen molar-refractivity contribution in [3.05, 3.63) is 23.3 Å². The zero-order chi connectivity index (χ0) is 15.3. The Hall–Kier alpha value is -1.98. The number of aromatic nitrogens is 2. The number of aryl methyl sites for hydroxylation is 2. The predicted octanol–water partition coefficient (Wildman–Crippen LogP) is 1.71. The van der Waals surface area contributed by atoms with Crippen LogP contribution in [0.15, 0.2) is 6.33 Å². The zero-order valence-corrected chi connectivity index (χ0v) is 12.3. The summed E-state index contributed by atoms with van der Waals surface area (Å²) in [5, 5.41) is 11.7. The van der Waals surface area contributed by atoms with E-state index in [0.717, 1.165) is 0 Å². The third-order valence-electron chi connectivity index (χ3n) is 2.97. The minimum atomic E-state index is -0.922. The van der Waals surface area contributed by atoms with Crippen LogP contribution in [0.1, 0.15) is 48.4 Å². The smallest absolute Gasteiger partial charge is 0.305 e. The lowest BCUT2D eigenvalue weighted by atomic mass is 10.0. The summed E-state index contributed by atoms with van der Waals surface area (Å²) in [6.45, 7) is 7.45. The average Bonchev–Trinajstić information content (AvgIpc) is 2.26. The van der Waals surface area contributed by atoms with Gasteiger partial charge in [0.1, 0.15) is 6.33 Å². The highest BCUT2D eigenvalue weighted by Gasteiger charge is 2.21. The molecular weight excluding hydrogens is 258 g/mol. The van der Waals surface area contributed by atoms with E-state index in [1.165, 1.54) is 6.33 Å². The molecular formula is C14H21N3O3. The summed E-state index contributed by atoms with van der Waals surface area (Å²) in [6, 6.07) is -0.390. The normalized spacial score (nSPS) is 12.2. The topological polar surface area (TPSA) is 92.2 Å². The first-order chi connectivity index (χ1) is 9.31. The first kappa shape index (κ1) is 16.1. The Morgan fingerprint density at radius 2 is 1.80 bits per heavy atom. The van der Waals surface area contributed by atoms with Crippen molar-refractivity contribution in [1.29, 1.82) is 0 Å². The number of aliphatic carboxylic acids is 1. The third kappa shape index (κ3) is 4.60. The maximum atomic E-state index is 12.3. The number of carboxylic acid groups (broad SMARTS) is 1. The molecule has 6 heteroatoms. The monoisotopic (exact) mass is 279 g/mol. The SMILES string of the molecule is Cc1ncnc(C)c1C(=O)N[C@@H](CC(=O)O)CC(C)C. The summed E-state index contributed by atoms with van der Waals surface area (Å²) < 4.78 is 0. The van der Waals surface area contributed by atoms with E-state index in [1.807, 2.05) is 13.8 Å². The lowest BCUT2D eigenvalue weighted by molar-refractivity contribution is -0.137. The molecule has 1 amide bonds. The van der Waals surface area contributed by atoms with E-state index in [-0.39, 0.29) is 18.4 Å². The van der Waals surface area contributed by atoms with Crippen molar-refractivity contribution in [1.82, 2.24) is 15.3 Å². The van der Waals surface area contributed by atoms with Crippen molar-refractivity contribution >= 4 is 11.9 Å². The number of carbonyl (C=O) groups excluding carboxylic acids is 1. The first-order valence-corrected chi connectivity index (χ1v) is 6.62. The fourth-order valence-corrected chi connectivity index (χ4v) is 2.15. The largest absolute Gasteiger partial charge is 0.481 e. The summed E-state index contributed by atoms with van der Waals surface area (Å²) in [5.74, 6) is -0.935. The third-order valence-corrected chi connectivity index (χ3v) is 2.97. The van der Waals surface area contributed by atoms with Crippen LogP contribution in [-0.2, 0) is 4.79 Å². The number of carboxylic acids is 1. The van der Waals surface area contributed by atoms with Gasteiger partial charge in [-0.25, -0.2) is 9.97 Å². The van der Waals surface area contributed by atoms with Crippen LogP contribution in [0.3, 0.4) is 0 Å². The molecule has 1 heterocycles. The molecule has 0 aliphatic carbocycles. The molecule has 0 aliphatic heterocycles. The van der Waals surface area contributed by atoms with Crippen LogP contribution in [0.4, 0.5) is 0 Å². The number of hydrogen-bond donors (Lipinski definition) is 2. The van der Waals surface area contributed by atoms with E-state index in [0.29, 0.717) is 29.3 Å². The van der Waals surface area contributed by atoms with Gasteiger partial charge in [0.15, 0.2) is 0 Å². The van der Waals surface area contributed by atoms with Crippen LogP contribution in [0, 0.1) is 19.8 Å². The van der Waals surface area contributed by atoms with Crippen molar-refractivity contribution in [3.8, 4) is 0 Å². The second-order valence-electron chi connectivity index (χ2n) is 5.32. The van der Waals surface area contributed by atoms with Crippen molar-refractivity contribution in [3.63, 3.8) is 0 Å². The molecule has 0 saturated carbocycles.